The third kappa shape index (κ3) is 10.0. The Balaban J connectivity index is 2.50. The molecule has 1 saturated heterocycles. The van der Waals surface area contributed by atoms with E-state index in [0.717, 1.165) is 6.08 Å². The molecule has 28 heavy (non-hydrogen) atoms. The lowest BCUT2D eigenvalue weighted by atomic mass is 10.2. The summed E-state index contributed by atoms with van der Waals surface area (Å²) in [5.41, 5.74) is 0. The SMILES string of the molecule is CN(/C=C\C(=O)NC=O)C1CCC(COP(=O)(O)OP(=O)(O)OP(=O)(O)O)O1. The molecule has 15 nitrogen and oxygen atoms in total. The molecule has 4 atom stereocenters. The van der Waals surface area contributed by atoms with Gasteiger partial charge in [0.05, 0.1) is 12.7 Å². The molecule has 18 heteroatoms. The number of phosphoric ester groups is 1. The van der Waals surface area contributed by atoms with Gasteiger partial charge in [0.25, 0.3) is 5.91 Å². The minimum Gasteiger partial charge on any atom is -0.355 e. The van der Waals surface area contributed by atoms with Gasteiger partial charge in [0.15, 0.2) is 0 Å². The van der Waals surface area contributed by atoms with Crippen LogP contribution in [0.3, 0.4) is 0 Å². The van der Waals surface area contributed by atoms with Crippen molar-refractivity contribution in [2.45, 2.75) is 25.2 Å². The smallest absolute Gasteiger partial charge is 0.355 e. The van der Waals surface area contributed by atoms with Gasteiger partial charge in [-0.15, -0.1) is 0 Å². The highest BCUT2D eigenvalue weighted by Gasteiger charge is 2.41. The highest BCUT2D eigenvalue weighted by Crippen LogP contribution is 2.66. The molecule has 0 saturated carbocycles. The molecule has 1 aliphatic heterocycles. The van der Waals surface area contributed by atoms with Gasteiger partial charge < -0.3 is 29.2 Å². The highest BCUT2D eigenvalue weighted by atomic mass is 31.3. The van der Waals surface area contributed by atoms with Gasteiger partial charge in [0, 0.05) is 19.3 Å². The summed E-state index contributed by atoms with van der Waals surface area (Å²) in [6, 6.07) is 0. The maximum atomic E-state index is 11.6. The summed E-state index contributed by atoms with van der Waals surface area (Å²) in [5, 5.41) is 1.90. The number of nitrogens with one attached hydrogen (secondary N) is 1. The van der Waals surface area contributed by atoms with Crippen LogP contribution < -0.4 is 5.32 Å². The van der Waals surface area contributed by atoms with Crippen LogP contribution in [0.2, 0.25) is 0 Å². The van der Waals surface area contributed by atoms with E-state index in [1.807, 2.05) is 5.32 Å². The molecule has 0 bridgehead atoms. The largest absolute Gasteiger partial charge is 0.490 e. The lowest BCUT2D eigenvalue weighted by Crippen LogP contribution is -2.29. The van der Waals surface area contributed by atoms with Crippen molar-refractivity contribution >= 4 is 35.8 Å². The van der Waals surface area contributed by atoms with Crippen LogP contribution in [-0.2, 0) is 41.2 Å². The highest BCUT2D eigenvalue weighted by molar-refractivity contribution is 7.66. The van der Waals surface area contributed by atoms with E-state index >= 15 is 0 Å². The Bertz CT molecular complexity index is 736. The van der Waals surface area contributed by atoms with E-state index < -0.39 is 48.3 Å². The molecule has 0 aromatic heterocycles. The minimum atomic E-state index is -5.57. The number of carbonyl (C=O) groups is 2. The molecule has 0 aromatic carbocycles. The topological polar surface area (TPSA) is 218 Å². The van der Waals surface area contributed by atoms with Crippen molar-refractivity contribution in [2.24, 2.45) is 0 Å². The molecule has 0 spiro atoms. The molecule has 1 fully saturated rings. The Morgan fingerprint density at radius 1 is 1.18 bits per heavy atom. The Hall–Kier alpha value is -0.950. The fourth-order valence-electron chi connectivity index (χ4n) is 1.98. The molecule has 0 aromatic rings. The Morgan fingerprint density at radius 2 is 1.82 bits per heavy atom. The van der Waals surface area contributed by atoms with Crippen LogP contribution in [0.4, 0.5) is 0 Å². The van der Waals surface area contributed by atoms with Crippen LogP contribution in [0.15, 0.2) is 12.3 Å². The van der Waals surface area contributed by atoms with Crippen molar-refractivity contribution in [2.75, 3.05) is 13.7 Å². The average Bonchev–Trinajstić information content (AvgIpc) is 2.96. The van der Waals surface area contributed by atoms with Gasteiger partial charge in [0.1, 0.15) is 6.23 Å². The van der Waals surface area contributed by atoms with Crippen molar-refractivity contribution in [1.82, 2.24) is 10.2 Å². The molecule has 1 rings (SSSR count). The van der Waals surface area contributed by atoms with Crippen molar-refractivity contribution < 1.29 is 60.7 Å². The summed E-state index contributed by atoms with van der Waals surface area (Å²) >= 11 is 0. The van der Waals surface area contributed by atoms with Crippen molar-refractivity contribution in [3.8, 4) is 0 Å². The molecule has 1 heterocycles. The molecule has 162 valence electrons. The number of hydrogen-bond donors (Lipinski definition) is 5. The number of phosphoric acid groups is 3. The fourth-order valence-corrected chi connectivity index (χ4v) is 5.03. The van der Waals surface area contributed by atoms with E-state index in [9.17, 15) is 28.2 Å². The number of rotatable bonds is 11. The summed E-state index contributed by atoms with van der Waals surface area (Å²) < 4.78 is 50.5. The quantitative estimate of drug-likeness (QED) is 0.147. The molecule has 2 amide bonds. The van der Waals surface area contributed by atoms with E-state index in [2.05, 4.69) is 13.1 Å². The normalized spacial score (nSPS) is 24.5. The number of ether oxygens (including phenoxy) is 1. The number of carbonyl (C=O) groups excluding carboxylic acids is 2. The summed E-state index contributed by atoms with van der Waals surface area (Å²) in [5.74, 6) is -0.649. The van der Waals surface area contributed by atoms with Crippen molar-refractivity contribution in [3.63, 3.8) is 0 Å². The third-order valence-electron chi connectivity index (χ3n) is 3.04. The molecule has 4 unspecified atom stereocenters. The maximum Gasteiger partial charge on any atom is 0.490 e. The lowest BCUT2D eigenvalue weighted by Gasteiger charge is -2.23. The molecule has 0 radical (unpaired) electrons. The molecular weight excluding hydrogens is 449 g/mol. The van der Waals surface area contributed by atoms with Gasteiger partial charge in [-0.05, 0) is 12.8 Å². The van der Waals surface area contributed by atoms with E-state index in [1.165, 1.54) is 11.1 Å². The van der Waals surface area contributed by atoms with E-state index in [-0.39, 0.29) is 6.41 Å². The number of nitrogens with zero attached hydrogens (tertiary/aromatic N) is 1. The molecule has 5 N–H and O–H groups in total. The first-order chi connectivity index (χ1) is 12.7. The van der Waals surface area contributed by atoms with Crippen LogP contribution in [0, 0.1) is 0 Å². The van der Waals surface area contributed by atoms with Crippen molar-refractivity contribution in [1.29, 1.82) is 0 Å². The van der Waals surface area contributed by atoms with Crippen LogP contribution in [0.5, 0.6) is 0 Å². The van der Waals surface area contributed by atoms with Gasteiger partial charge in [-0.1, -0.05) is 0 Å². The monoisotopic (exact) mass is 468 g/mol. The third-order valence-corrected chi connectivity index (χ3v) is 6.84. The van der Waals surface area contributed by atoms with Crippen LogP contribution in [0.25, 0.3) is 0 Å². The summed E-state index contributed by atoms with van der Waals surface area (Å²) in [7, 11) is -14.7. The summed E-state index contributed by atoms with van der Waals surface area (Å²) in [4.78, 5) is 58.0. The van der Waals surface area contributed by atoms with E-state index in [4.69, 9.17) is 19.4 Å². The zero-order valence-electron chi connectivity index (χ0n) is 14.3. The zero-order chi connectivity index (χ0) is 21.6. The van der Waals surface area contributed by atoms with Crippen LogP contribution in [0.1, 0.15) is 12.8 Å². The van der Waals surface area contributed by atoms with Gasteiger partial charge in [-0.25, -0.2) is 13.7 Å². The molecule has 1 aliphatic rings. The summed E-state index contributed by atoms with van der Waals surface area (Å²) in [6.07, 6.45) is 2.16. The lowest BCUT2D eigenvalue weighted by molar-refractivity contribution is -0.121. The van der Waals surface area contributed by atoms with E-state index in [0.29, 0.717) is 12.8 Å². The predicted molar refractivity (Wildman–Crippen MR) is 88.8 cm³/mol. The molecular formula is C10H19N2O13P3. The standard InChI is InChI=1S/C10H19N2O13P3/c1-12(5-4-9(14)11-7-13)10-3-2-8(23-10)6-22-27(18,19)25-28(20,21)24-26(15,16)17/h4-5,7-8,10H,2-3,6H2,1H3,(H,18,19)(H,20,21)(H,11,13,14)(H2,15,16,17)/b5-4-. The first-order valence-electron chi connectivity index (χ1n) is 7.31. The Kier molecular flexibility index (Phi) is 9.13. The fraction of sp³-hybridized carbons (Fsp3) is 0.600. The first-order valence-corrected chi connectivity index (χ1v) is 11.8. The second kappa shape index (κ2) is 10.2. The first kappa shape index (κ1) is 25.1. The second-order valence-corrected chi connectivity index (χ2v) is 9.70. The number of hydrogen-bond acceptors (Lipinski definition) is 10. The summed E-state index contributed by atoms with van der Waals surface area (Å²) in [6.45, 7) is -0.552. The van der Waals surface area contributed by atoms with Gasteiger partial charge in [-0.3, -0.25) is 19.4 Å². The van der Waals surface area contributed by atoms with Crippen molar-refractivity contribution in [3.05, 3.63) is 12.3 Å². The van der Waals surface area contributed by atoms with E-state index in [1.54, 1.807) is 7.05 Å². The van der Waals surface area contributed by atoms with Gasteiger partial charge >= 0.3 is 23.5 Å². The Morgan fingerprint density at radius 3 is 2.39 bits per heavy atom. The maximum absolute atomic E-state index is 11.6. The zero-order valence-corrected chi connectivity index (χ0v) is 16.9. The minimum absolute atomic E-state index is 0.220. The van der Waals surface area contributed by atoms with Crippen LogP contribution in [-0.4, -0.2) is 62.8 Å². The van der Waals surface area contributed by atoms with Gasteiger partial charge in [-0.2, -0.15) is 8.62 Å². The van der Waals surface area contributed by atoms with Gasteiger partial charge in [0.2, 0.25) is 6.41 Å². The number of imide groups is 1. The Labute approximate surface area is 158 Å². The second-order valence-electron chi connectivity index (χ2n) is 5.28. The number of amides is 2. The van der Waals surface area contributed by atoms with Crippen LogP contribution >= 0.6 is 23.5 Å². The molecule has 0 aliphatic carbocycles. The average molecular weight is 468 g/mol. The predicted octanol–water partition coefficient (Wildman–Crippen LogP) is -0.447.